The van der Waals surface area contributed by atoms with E-state index in [4.69, 9.17) is 19.4 Å². The highest BCUT2D eigenvalue weighted by atomic mass is 32.1. The van der Waals surface area contributed by atoms with E-state index in [0.717, 1.165) is 59.8 Å². The summed E-state index contributed by atoms with van der Waals surface area (Å²) < 4.78 is 13.7. The van der Waals surface area contributed by atoms with Crippen LogP contribution in [0.3, 0.4) is 0 Å². The van der Waals surface area contributed by atoms with Gasteiger partial charge in [0.1, 0.15) is 22.9 Å². The Balaban J connectivity index is 1.11. The van der Waals surface area contributed by atoms with Gasteiger partial charge in [0.25, 0.3) is 0 Å². The van der Waals surface area contributed by atoms with Gasteiger partial charge in [-0.1, -0.05) is 24.3 Å². The predicted octanol–water partition coefficient (Wildman–Crippen LogP) is 8.98. The van der Waals surface area contributed by atoms with Crippen molar-refractivity contribution in [3.8, 4) is 22.5 Å². The number of aromatic amines is 2. The summed E-state index contributed by atoms with van der Waals surface area (Å²) in [5, 5.41) is 2.41. The smallest absolute Gasteiger partial charge is 0.410 e. The van der Waals surface area contributed by atoms with Crippen LogP contribution in [0.5, 0.6) is 0 Å². The second kappa shape index (κ2) is 11.7. The third-order valence-corrected chi connectivity index (χ3v) is 9.79. The summed E-state index contributed by atoms with van der Waals surface area (Å²) in [4.78, 5) is 45.6. The van der Waals surface area contributed by atoms with Crippen LogP contribution in [-0.4, -0.2) is 66.2 Å². The molecule has 2 unspecified atom stereocenters. The first-order valence-electron chi connectivity index (χ1n) is 16.4. The number of benzene rings is 2. The molecular weight excluding hydrogens is 613 g/mol. The van der Waals surface area contributed by atoms with Crippen LogP contribution in [0.15, 0.2) is 48.8 Å². The zero-order chi connectivity index (χ0) is 33.1. The van der Waals surface area contributed by atoms with Gasteiger partial charge in [0.15, 0.2) is 0 Å². The van der Waals surface area contributed by atoms with Crippen molar-refractivity contribution >= 4 is 43.7 Å². The normalized spacial score (nSPS) is 18.9. The maximum Gasteiger partial charge on any atom is 0.410 e. The van der Waals surface area contributed by atoms with Gasteiger partial charge in [0.05, 0.1) is 35.9 Å². The number of carbonyl (C=O) groups is 2. The Labute approximate surface area is 278 Å². The summed E-state index contributed by atoms with van der Waals surface area (Å²) in [5.41, 5.74) is 2.87. The molecule has 0 bridgehead atoms. The molecule has 0 saturated carbocycles. The predicted molar refractivity (Wildman–Crippen MR) is 184 cm³/mol. The van der Waals surface area contributed by atoms with Crippen molar-refractivity contribution < 1.29 is 19.1 Å². The zero-order valence-electron chi connectivity index (χ0n) is 27.8. The van der Waals surface area contributed by atoms with E-state index >= 15 is 0 Å². The lowest BCUT2D eigenvalue weighted by molar-refractivity contribution is 0.0208. The molecule has 2 aliphatic rings. The fourth-order valence-electron chi connectivity index (χ4n) is 6.60. The molecule has 2 aromatic carbocycles. The fraction of sp³-hybridized carbons (Fsp3) is 0.444. The van der Waals surface area contributed by atoms with E-state index in [-0.39, 0.29) is 24.3 Å². The first kappa shape index (κ1) is 31.2. The average molecular weight is 655 g/mol. The van der Waals surface area contributed by atoms with Crippen LogP contribution in [0.4, 0.5) is 9.59 Å². The summed E-state index contributed by atoms with van der Waals surface area (Å²) in [5.74, 6) is 1.57. The number of amides is 2. The summed E-state index contributed by atoms with van der Waals surface area (Å²) in [6.07, 6.45) is 6.67. The minimum Gasteiger partial charge on any atom is -0.444 e. The van der Waals surface area contributed by atoms with Gasteiger partial charge < -0.3 is 19.4 Å². The molecule has 2 fully saturated rings. The highest BCUT2D eigenvalue weighted by molar-refractivity contribution is 7.25. The van der Waals surface area contributed by atoms with Crippen molar-refractivity contribution in [1.29, 1.82) is 0 Å². The Kier molecular flexibility index (Phi) is 7.77. The summed E-state index contributed by atoms with van der Waals surface area (Å²) >= 11 is 1.76. The summed E-state index contributed by atoms with van der Waals surface area (Å²) in [6.45, 7) is 12.7. The highest BCUT2D eigenvalue weighted by Crippen LogP contribution is 2.39. The molecule has 2 N–H and O–H groups in total. The standard InChI is InChI=1S/C36H42N6O4S/c1-35(2,3)45-33(43)41-15-7-9-27(41)31-37-19-25(39-31)21-11-13-23-24-14-12-22(18-30(24)47-29(23)17-21)26-20-38-32(40-26)28-10-8-16-42(28)34(44)46-36(4,5)6/h11-14,17-20,27-28H,7-10,15-16H2,1-6H3,(H,37,39)(H,38,40). The van der Waals surface area contributed by atoms with Crippen LogP contribution < -0.4 is 0 Å². The van der Waals surface area contributed by atoms with Gasteiger partial charge in [-0.2, -0.15) is 0 Å². The molecule has 3 aromatic heterocycles. The van der Waals surface area contributed by atoms with Gasteiger partial charge in [-0.05, 0) is 79.4 Å². The molecular formula is C36H42N6O4S. The highest BCUT2D eigenvalue weighted by Gasteiger charge is 2.36. The number of carbonyl (C=O) groups excluding carboxylic acids is 2. The molecule has 5 aromatic rings. The van der Waals surface area contributed by atoms with Gasteiger partial charge in [0.2, 0.25) is 0 Å². The zero-order valence-corrected chi connectivity index (χ0v) is 28.7. The third-order valence-electron chi connectivity index (χ3n) is 8.68. The van der Waals surface area contributed by atoms with E-state index in [0.29, 0.717) is 13.1 Å². The Morgan fingerprint density at radius 3 is 1.55 bits per heavy atom. The molecule has 10 nitrogen and oxygen atoms in total. The Bertz CT molecular complexity index is 1820. The van der Waals surface area contributed by atoms with Crippen LogP contribution >= 0.6 is 11.3 Å². The third kappa shape index (κ3) is 6.33. The topological polar surface area (TPSA) is 116 Å². The lowest BCUT2D eigenvalue weighted by atomic mass is 10.1. The van der Waals surface area contributed by atoms with Gasteiger partial charge >= 0.3 is 12.2 Å². The van der Waals surface area contributed by atoms with Crippen molar-refractivity contribution in [1.82, 2.24) is 29.7 Å². The van der Waals surface area contributed by atoms with Crippen LogP contribution in [0.1, 0.15) is 91.0 Å². The monoisotopic (exact) mass is 654 g/mol. The van der Waals surface area contributed by atoms with Crippen molar-refractivity contribution in [2.45, 2.75) is 90.5 Å². The number of likely N-dealkylation sites (tertiary alicyclic amines) is 2. The van der Waals surface area contributed by atoms with Gasteiger partial charge in [-0.15, -0.1) is 11.3 Å². The number of nitrogens with one attached hydrogen (secondary N) is 2. The fourth-order valence-corrected chi connectivity index (χ4v) is 7.78. The maximum absolute atomic E-state index is 12.8. The Hall–Kier alpha value is -4.38. The van der Waals surface area contributed by atoms with E-state index in [9.17, 15) is 9.59 Å². The van der Waals surface area contributed by atoms with Crippen LogP contribution in [-0.2, 0) is 9.47 Å². The molecule has 2 aliphatic heterocycles. The minimum atomic E-state index is -0.541. The molecule has 2 atom stereocenters. The van der Waals surface area contributed by atoms with E-state index in [1.165, 1.54) is 20.2 Å². The van der Waals surface area contributed by atoms with Crippen molar-refractivity contribution in [3.63, 3.8) is 0 Å². The molecule has 246 valence electrons. The number of nitrogens with zero attached hydrogens (tertiary/aromatic N) is 4. The van der Waals surface area contributed by atoms with E-state index in [1.54, 1.807) is 21.1 Å². The van der Waals surface area contributed by atoms with Crippen LogP contribution in [0, 0.1) is 0 Å². The molecule has 2 amide bonds. The number of thiophene rings is 1. The lowest BCUT2D eigenvalue weighted by Gasteiger charge is -2.27. The largest absolute Gasteiger partial charge is 0.444 e. The quantitative estimate of drug-likeness (QED) is 0.200. The number of fused-ring (bicyclic) bond motifs is 3. The molecule has 47 heavy (non-hydrogen) atoms. The molecule has 0 spiro atoms. The number of rotatable bonds is 4. The number of hydrogen-bond acceptors (Lipinski definition) is 7. The van der Waals surface area contributed by atoms with Gasteiger partial charge in [0, 0.05) is 44.4 Å². The van der Waals surface area contributed by atoms with E-state index < -0.39 is 11.2 Å². The number of H-pyrrole nitrogens is 2. The van der Waals surface area contributed by atoms with Gasteiger partial charge in [-0.25, -0.2) is 19.6 Å². The van der Waals surface area contributed by atoms with E-state index in [2.05, 4.69) is 46.4 Å². The SMILES string of the molecule is CC(C)(C)OC(=O)N1CCCC1c1ncc(-c2ccc3c(c2)sc2cc(-c4cnc(C5CCCN5C(=O)OC(C)(C)C)[nH]4)ccc23)[nH]1. The number of aromatic nitrogens is 4. The van der Waals surface area contributed by atoms with Crippen LogP contribution in [0.2, 0.25) is 0 Å². The Morgan fingerprint density at radius 2 is 1.15 bits per heavy atom. The number of ether oxygens (including phenoxy) is 2. The molecule has 0 aliphatic carbocycles. The number of hydrogen-bond donors (Lipinski definition) is 2. The first-order chi connectivity index (χ1) is 22.3. The average Bonchev–Trinajstić information content (AvgIpc) is 3.83. The number of imidazole rings is 2. The van der Waals surface area contributed by atoms with E-state index in [1.807, 2.05) is 53.9 Å². The maximum atomic E-state index is 12.8. The first-order valence-corrected chi connectivity index (χ1v) is 17.2. The molecule has 7 rings (SSSR count). The van der Waals surface area contributed by atoms with Gasteiger partial charge in [-0.3, -0.25) is 9.80 Å². The minimum absolute atomic E-state index is 0.123. The molecule has 11 heteroatoms. The Morgan fingerprint density at radius 1 is 0.723 bits per heavy atom. The van der Waals surface area contributed by atoms with Crippen molar-refractivity contribution in [3.05, 3.63) is 60.4 Å². The van der Waals surface area contributed by atoms with Crippen molar-refractivity contribution in [2.75, 3.05) is 13.1 Å². The molecule has 2 saturated heterocycles. The second-order valence-electron chi connectivity index (χ2n) is 14.6. The summed E-state index contributed by atoms with van der Waals surface area (Å²) in [7, 11) is 0. The molecule has 5 heterocycles. The van der Waals surface area contributed by atoms with Crippen molar-refractivity contribution in [2.24, 2.45) is 0 Å². The molecule has 0 radical (unpaired) electrons. The lowest BCUT2D eigenvalue weighted by Crippen LogP contribution is -2.36. The van der Waals surface area contributed by atoms with Crippen LogP contribution in [0.25, 0.3) is 42.7 Å². The second-order valence-corrected chi connectivity index (χ2v) is 15.6. The summed E-state index contributed by atoms with van der Waals surface area (Å²) in [6, 6.07) is 12.8.